The molecule has 0 saturated carbocycles. The molecule has 1 aliphatic heterocycles. The number of rotatable bonds is 3. The number of nitrogens with one attached hydrogen (secondary N) is 1. The number of carbonyl (C=O) groups is 1. The lowest BCUT2D eigenvalue weighted by atomic mass is 9.92. The van der Waals surface area contributed by atoms with E-state index in [4.69, 9.17) is 5.11 Å². The summed E-state index contributed by atoms with van der Waals surface area (Å²) in [4.78, 5) is 12.3. The van der Waals surface area contributed by atoms with Crippen molar-refractivity contribution in [3.63, 3.8) is 0 Å². The van der Waals surface area contributed by atoms with Crippen LogP contribution in [0, 0.1) is 0 Å². The van der Waals surface area contributed by atoms with Crippen molar-refractivity contribution in [2.75, 3.05) is 19.6 Å². The molecule has 1 saturated heterocycles. The van der Waals surface area contributed by atoms with Crippen LogP contribution in [-0.4, -0.2) is 41.3 Å². The van der Waals surface area contributed by atoms with Crippen LogP contribution in [0.1, 0.15) is 33.1 Å². The van der Waals surface area contributed by atoms with Crippen molar-refractivity contribution < 1.29 is 9.90 Å². The number of piperazine rings is 1. The molecule has 0 bridgehead atoms. The fourth-order valence-electron chi connectivity index (χ4n) is 1.95. The Kier molecular flexibility index (Phi) is 3.75. The number of hydrogen-bond acceptors (Lipinski definition) is 2. The van der Waals surface area contributed by atoms with Crippen molar-refractivity contribution in [1.29, 1.82) is 0 Å². The monoisotopic (exact) mass is 200 g/mol. The average molecular weight is 200 g/mol. The predicted octanol–water partition coefficient (Wildman–Crippen LogP) is 1.52. The molecule has 0 aromatic rings. The van der Waals surface area contributed by atoms with Gasteiger partial charge in [0.15, 0.2) is 0 Å². The van der Waals surface area contributed by atoms with Crippen molar-refractivity contribution in [3.05, 3.63) is 0 Å². The largest absolute Gasteiger partial charge is 0.465 e. The van der Waals surface area contributed by atoms with Gasteiger partial charge in [-0.3, -0.25) is 0 Å². The zero-order valence-electron chi connectivity index (χ0n) is 9.05. The molecule has 1 aliphatic rings. The first-order valence-electron chi connectivity index (χ1n) is 5.30. The summed E-state index contributed by atoms with van der Waals surface area (Å²) >= 11 is 0. The molecule has 4 heteroatoms. The smallest absolute Gasteiger partial charge is 0.407 e. The van der Waals surface area contributed by atoms with Crippen LogP contribution in [0.25, 0.3) is 0 Å². The van der Waals surface area contributed by atoms with Crippen molar-refractivity contribution in [3.8, 4) is 0 Å². The van der Waals surface area contributed by atoms with Gasteiger partial charge in [-0.05, 0) is 13.3 Å². The van der Waals surface area contributed by atoms with Crippen LogP contribution >= 0.6 is 0 Å². The molecule has 2 N–H and O–H groups in total. The van der Waals surface area contributed by atoms with Gasteiger partial charge in [0.25, 0.3) is 0 Å². The van der Waals surface area contributed by atoms with Crippen LogP contribution in [0.5, 0.6) is 0 Å². The molecule has 82 valence electrons. The van der Waals surface area contributed by atoms with Crippen LogP contribution in [0.4, 0.5) is 4.79 Å². The van der Waals surface area contributed by atoms with E-state index in [1.165, 1.54) is 4.90 Å². The second-order valence-electron chi connectivity index (χ2n) is 4.30. The number of nitrogens with zero attached hydrogens (tertiary/aromatic N) is 1. The summed E-state index contributed by atoms with van der Waals surface area (Å²) in [6.07, 6.45) is 2.56. The maximum Gasteiger partial charge on any atom is 0.407 e. The maximum absolute atomic E-state index is 10.8. The van der Waals surface area contributed by atoms with E-state index in [2.05, 4.69) is 19.2 Å². The Hall–Kier alpha value is -0.770. The maximum atomic E-state index is 10.8. The fourth-order valence-corrected chi connectivity index (χ4v) is 1.95. The van der Waals surface area contributed by atoms with Crippen LogP contribution in [-0.2, 0) is 0 Å². The minimum Gasteiger partial charge on any atom is -0.465 e. The van der Waals surface area contributed by atoms with Gasteiger partial charge in [0.05, 0.1) is 0 Å². The summed E-state index contributed by atoms with van der Waals surface area (Å²) in [7, 11) is 0. The lowest BCUT2D eigenvalue weighted by Crippen LogP contribution is -2.59. The highest BCUT2D eigenvalue weighted by Crippen LogP contribution is 2.18. The van der Waals surface area contributed by atoms with E-state index in [1.54, 1.807) is 0 Å². The van der Waals surface area contributed by atoms with E-state index < -0.39 is 6.09 Å². The van der Waals surface area contributed by atoms with Crippen molar-refractivity contribution in [2.24, 2.45) is 0 Å². The van der Waals surface area contributed by atoms with Crippen LogP contribution in [0.2, 0.25) is 0 Å². The molecule has 4 nitrogen and oxygen atoms in total. The molecule has 1 atom stereocenters. The van der Waals surface area contributed by atoms with Gasteiger partial charge in [-0.15, -0.1) is 0 Å². The molecule has 0 aromatic heterocycles. The first-order chi connectivity index (χ1) is 6.57. The number of amides is 1. The number of hydrogen-bond donors (Lipinski definition) is 2. The van der Waals surface area contributed by atoms with E-state index in [0.717, 1.165) is 25.8 Å². The normalized spacial score (nSPS) is 27.7. The zero-order chi connectivity index (χ0) is 10.6. The Labute approximate surface area is 85.3 Å². The summed E-state index contributed by atoms with van der Waals surface area (Å²) < 4.78 is 0. The minimum absolute atomic E-state index is 0.0212. The Balaban J connectivity index is 2.48. The summed E-state index contributed by atoms with van der Waals surface area (Å²) in [5.41, 5.74) is -0.0212. The molecule has 1 amide bonds. The highest BCUT2D eigenvalue weighted by Gasteiger charge is 2.31. The van der Waals surface area contributed by atoms with Crippen molar-refractivity contribution in [2.45, 2.75) is 38.6 Å². The molecule has 1 fully saturated rings. The van der Waals surface area contributed by atoms with Gasteiger partial charge in [0, 0.05) is 25.2 Å². The average Bonchev–Trinajstić information content (AvgIpc) is 2.15. The Morgan fingerprint density at radius 3 is 2.93 bits per heavy atom. The van der Waals surface area contributed by atoms with E-state index in [1.807, 2.05) is 0 Å². The summed E-state index contributed by atoms with van der Waals surface area (Å²) in [6, 6.07) is 0. The zero-order valence-corrected chi connectivity index (χ0v) is 9.05. The number of unbranched alkanes of at least 4 members (excludes halogenated alkanes) is 1. The molecule has 0 radical (unpaired) electrons. The summed E-state index contributed by atoms with van der Waals surface area (Å²) in [5.74, 6) is 0. The highest BCUT2D eigenvalue weighted by atomic mass is 16.4. The van der Waals surface area contributed by atoms with E-state index in [0.29, 0.717) is 13.1 Å². The quantitative estimate of drug-likeness (QED) is 0.726. The molecule has 1 rings (SSSR count). The van der Waals surface area contributed by atoms with Gasteiger partial charge in [0.2, 0.25) is 0 Å². The second kappa shape index (κ2) is 4.64. The Bertz CT molecular complexity index is 208. The van der Waals surface area contributed by atoms with Gasteiger partial charge < -0.3 is 15.3 Å². The SMILES string of the molecule is CCCC[C@@]1(C)CN(C(=O)O)CCN1. The van der Waals surface area contributed by atoms with Gasteiger partial charge in [-0.25, -0.2) is 4.79 Å². The van der Waals surface area contributed by atoms with Gasteiger partial charge >= 0.3 is 6.09 Å². The van der Waals surface area contributed by atoms with E-state index in [-0.39, 0.29) is 5.54 Å². The third kappa shape index (κ3) is 2.87. The third-order valence-corrected chi connectivity index (χ3v) is 2.83. The molecule has 0 aliphatic carbocycles. The molecular weight excluding hydrogens is 180 g/mol. The predicted molar refractivity (Wildman–Crippen MR) is 55.5 cm³/mol. The summed E-state index contributed by atoms with van der Waals surface area (Å²) in [5, 5.41) is 12.3. The van der Waals surface area contributed by atoms with Crippen LogP contribution < -0.4 is 5.32 Å². The van der Waals surface area contributed by atoms with Gasteiger partial charge in [-0.1, -0.05) is 19.8 Å². The molecule has 1 heterocycles. The first kappa shape index (κ1) is 11.3. The number of carboxylic acid groups (broad SMARTS) is 1. The van der Waals surface area contributed by atoms with Crippen LogP contribution in [0.3, 0.4) is 0 Å². The van der Waals surface area contributed by atoms with E-state index >= 15 is 0 Å². The van der Waals surface area contributed by atoms with Gasteiger partial charge in [0.1, 0.15) is 0 Å². The second-order valence-corrected chi connectivity index (χ2v) is 4.30. The summed E-state index contributed by atoms with van der Waals surface area (Å²) in [6.45, 7) is 6.25. The fraction of sp³-hybridized carbons (Fsp3) is 0.900. The molecule has 0 aromatic carbocycles. The topological polar surface area (TPSA) is 52.6 Å². The lowest BCUT2D eigenvalue weighted by Gasteiger charge is -2.40. The first-order valence-corrected chi connectivity index (χ1v) is 5.30. The van der Waals surface area contributed by atoms with Gasteiger partial charge in [-0.2, -0.15) is 0 Å². The highest BCUT2D eigenvalue weighted by molar-refractivity contribution is 5.65. The molecular formula is C10H20N2O2. The Morgan fingerprint density at radius 1 is 1.64 bits per heavy atom. The Morgan fingerprint density at radius 2 is 2.36 bits per heavy atom. The third-order valence-electron chi connectivity index (χ3n) is 2.83. The lowest BCUT2D eigenvalue weighted by molar-refractivity contribution is 0.104. The molecule has 0 spiro atoms. The standard InChI is InChI=1S/C10H20N2O2/c1-3-4-5-10(2)8-12(9(13)14)7-6-11-10/h11H,3-8H2,1-2H3,(H,13,14)/t10-/m0/s1. The molecule has 14 heavy (non-hydrogen) atoms. The minimum atomic E-state index is -0.797. The molecule has 0 unspecified atom stereocenters. The van der Waals surface area contributed by atoms with Crippen molar-refractivity contribution in [1.82, 2.24) is 10.2 Å². The van der Waals surface area contributed by atoms with Crippen LogP contribution in [0.15, 0.2) is 0 Å². The van der Waals surface area contributed by atoms with Crippen molar-refractivity contribution >= 4 is 6.09 Å². The van der Waals surface area contributed by atoms with E-state index in [9.17, 15) is 4.79 Å².